The quantitative estimate of drug-likeness (QED) is 0.375. The molecule has 0 saturated heterocycles. The number of hydrogen-bond acceptors (Lipinski definition) is 5. The Morgan fingerprint density at radius 2 is 1.41 bits per heavy atom. The highest BCUT2D eigenvalue weighted by atomic mass is 16.2. The van der Waals surface area contributed by atoms with Crippen LogP contribution < -0.4 is 10.6 Å². The number of carbonyl (C=O) groups excluding carboxylic acids is 4. The van der Waals surface area contributed by atoms with Crippen molar-refractivity contribution < 1.29 is 19.2 Å². The van der Waals surface area contributed by atoms with Crippen molar-refractivity contribution in [2.45, 2.75) is 39.2 Å². The lowest BCUT2D eigenvalue weighted by Crippen LogP contribution is -2.37. The van der Waals surface area contributed by atoms with Gasteiger partial charge in [0.1, 0.15) is 0 Å². The maximum Gasteiger partial charge on any atom is 0.238 e. The fourth-order valence-electron chi connectivity index (χ4n) is 4.85. The lowest BCUT2D eigenvalue weighted by Gasteiger charge is -2.22. The van der Waals surface area contributed by atoms with E-state index in [1.165, 1.54) is 0 Å². The van der Waals surface area contributed by atoms with Crippen LogP contribution in [-0.2, 0) is 9.59 Å². The minimum Gasteiger partial charge on any atom is -0.326 e. The molecule has 7 heteroatoms. The number of ketones is 2. The van der Waals surface area contributed by atoms with Gasteiger partial charge in [-0.1, -0.05) is 42.5 Å². The second kappa shape index (κ2) is 10.1. The number of anilines is 2. The fraction of sp³-hybridized carbons (Fsp3) is 0.267. The second-order valence-electron chi connectivity index (χ2n) is 9.78. The van der Waals surface area contributed by atoms with Crippen LogP contribution in [0.2, 0.25) is 0 Å². The van der Waals surface area contributed by atoms with Gasteiger partial charge in [-0.15, -0.1) is 0 Å². The maximum absolute atomic E-state index is 13.0. The first kappa shape index (κ1) is 24.6. The Morgan fingerprint density at radius 1 is 0.784 bits per heavy atom. The van der Waals surface area contributed by atoms with Crippen molar-refractivity contribution in [3.63, 3.8) is 0 Å². The molecule has 0 heterocycles. The van der Waals surface area contributed by atoms with Gasteiger partial charge in [-0.3, -0.25) is 24.1 Å². The molecule has 37 heavy (non-hydrogen) atoms. The van der Waals surface area contributed by atoms with Gasteiger partial charge in [0.15, 0.2) is 11.6 Å². The van der Waals surface area contributed by atoms with Crippen molar-refractivity contribution in [3.05, 3.63) is 94.0 Å². The number of fused-ring (bicyclic) bond motifs is 2. The normalized spacial score (nSPS) is 14.2. The van der Waals surface area contributed by atoms with Gasteiger partial charge < -0.3 is 10.6 Å². The van der Waals surface area contributed by atoms with E-state index in [2.05, 4.69) is 15.5 Å². The molecule has 2 N–H and O–H groups in total. The number of nitrogens with one attached hydrogen (secondary N) is 2. The summed E-state index contributed by atoms with van der Waals surface area (Å²) in [4.78, 5) is 53.3. The van der Waals surface area contributed by atoms with E-state index in [1.807, 2.05) is 32.0 Å². The number of amides is 2. The highest BCUT2D eigenvalue weighted by Gasteiger charge is 2.31. The zero-order chi connectivity index (χ0) is 26.1. The lowest BCUT2D eigenvalue weighted by atomic mass is 9.84. The molecule has 3 aromatic rings. The molecule has 2 amide bonds. The van der Waals surface area contributed by atoms with Crippen LogP contribution in [0.15, 0.2) is 60.7 Å². The smallest absolute Gasteiger partial charge is 0.238 e. The third-order valence-corrected chi connectivity index (χ3v) is 6.99. The van der Waals surface area contributed by atoms with Crippen molar-refractivity contribution in [1.82, 2.24) is 4.90 Å². The minimum atomic E-state index is -0.226. The lowest BCUT2D eigenvalue weighted by molar-refractivity contribution is -0.119. The third-order valence-electron chi connectivity index (χ3n) is 6.99. The standard InChI is InChI=1S/C30H29N3O4/c1-18-6-5-7-19(2)28(18)32-27(35)17-33(21-11-12-21)15-14-26(34)31-20-10-13-24-25(16-20)30(37)23-9-4-3-8-22(23)29(24)36/h3-10,13,16,21H,11-12,14-15,17H2,1-2H3,(H,31,34)(H,32,35). The predicted octanol–water partition coefficient (Wildman–Crippen LogP) is 4.51. The Hall–Kier alpha value is -4.10. The molecule has 0 radical (unpaired) electrons. The molecule has 1 fully saturated rings. The van der Waals surface area contributed by atoms with E-state index >= 15 is 0 Å². The van der Waals surface area contributed by atoms with E-state index in [-0.39, 0.29) is 36.3 Å². The molecular weight excluding hydrogens is 466 g/mol. The third kappa shape index (κ3) is 5.22. The van der Waals surface area contributed by atoms with Gasteiger partial charge in [-0.05, 0) is 56.0 Å². The largest absolute Gasteiger partial charge is 0.326 e. The molecule has 188 valence electrons. The highest BCUT2D eigenvalue weighted by Crippen LogP contribution is 2.30. The van der Waals surface area contributed by atoms with Crippen LogP contribution in [0.4, 0.5) is 11.4 Å². The fourth-order valence-corrected chi connectivity index (χ4v) is 4.85. The van der Waals surface area contributed by atoms with Gasteiger partial charge in [-0.2, -0.15) is 0 Å². The number of nitrogens with zero attached hydrogens (tertiary/aromatic N) is 1. The van der Waals surface area contributed by atoms with Crippen LogP contribution in [0.1, 0.15) is 62.2 Å². The maximum atomic E-state index is 13.0. The van der Waals surface area contributed by atoms with Crippen LogP contribution >= 0.6 is 0 Å². The van der Waals surface area contributed by atoms with Crippen molar-refractivity contribution in [1.29, 1.82) is 0 Å². The first-order valence-corrected chi connectivity index (χ1v) is 12.5. The Balaban J connectivity index is 1.20. The zero-order valence-electron chi connectivity index (χ0n) is 21.0. The predicted molar refractivity (Wildman–Crippen MR) is 142 cm³/mol. The molecule has 5 rings (SSSR count). The molecule has 0 bridgehead atoms. The molecule has 0 atom stereocenters. The molecule has 0 aliphatic heterocycles. The summed E-state index contributed by atoms with van der Waals surface area (Å²) < 4.78 is 0. The van der Waals surface area contributed by atoms with Crippen LogP contribution in [-0.4, -0.2) is 47.4 Å². The average molecular weight is 496 g/mol. The van der Waals surface area contributed by atoms with E-state index in [1.54, 1.807) is 42.5 Å². The number of para-hydroxylation sites is 1. The molecule has 7 nitrogen and oxygen atoms in total. The summed E-state index contributed by atoms with van der Waals surface area (Å²) in [7, 11) is 0. The van der Waals surface area contributed by atoms with Crippen LogP contribution in [0, 0.1) is 13.8 Å². The summed E-state index contributed by atoms with van der Waals surface area (Å²) in [6.45, 7) is 4.61. The van der Waals surface area contributed by atoms with E-state index in [4.69, 9.17) is 0 Å². The van der Waals surface area contributed by atoms with Gasteiger partial charge in [0.25, 0.3) is 0 Å². The summed E-state index contributed by atoms with van der Waals surface area (Å²) in [5.74, 6) is -0.725. The molecule has 0 unspecified atom stereocenters. The van der Waals surface area contributed by atoms with Crippen molar-refractivity contribution in [2.75, 3.05) is 23.7 Å². The molecule has 2 aliphatic rings. The first-order valence-electron chi connectivity index (χ1n) is 12.5. The highest BCUT2D eigenvalue weighted by molar-refractivity contribution is 6.28. The van der Waals surface area contributed by atoms with E-state index in [0.717, 1.165) is 29.7 Å². The molecule has 3 aromatic carbocycles. The molecule has 0 spiro atoms. The Morgan fingerprint density at radius 3 is 2.05 bits per heavy atom. The summed E-state index contributed by atoms with van der Waals surface area (Å²) >= 11 is 0. The first-order chi connectivity index (χ1) is 17.8. The Labute approximate surface area is 215 Å². The second-order valence-corrected chi connectivity index (χ2v) is 9.78. The minimum absolute atomic E-state index is 0.0946. The summed E-state index contributed by atoms with van der Waals surface area (Å²) in [5, 5.41) is 5.87. The van der Waals surface area contributed by atoms with Crippen molar-refractivity contribution in [2.24, 2.45) is 0 Å². The molecular formula is C30H29N3O4. The van der Waals surface area contributed by atoms with E-state index in [9.17, 15) is 19.2 Å². The number of hydrogen-bond donors (Lipinski definition) is 2. The van der Waals surface area contributed by atoms with E-state index in [0.29, 0.717) is 40.5 Å². The SMILES string of the molecule is Cc1cccc(C)c1NC(=O)CN(CCC(=O)Nc1ccc2c(c1)C(=O)c1ccccc1C2=O)C1CC1. The van der Waals surface area contributed by atoms with Crippen molar-refractivity contribution in [3.8, 4) is 0 Å². The Bertz CT molecular complexity index is 1400. The zero-order valence-corrected chi connectivity index (χ0v) is 21.0. The summed E-state index contributed by atoms with van der Waals surface area (Å²) in [5.41, 5.74) is 4.75. The Kier molecular flexibility index (Phi) is 6.72. The number of carbonyl (C=O) groups is 4. The molecule has 2 aliphatic carbocycles. The van der Waals surface area contributed by atoms with Gasteiger partial charge >= 0.3 is 0 Å². The number of aryl methyl sites for hydroxylation is 2. The van der Waals surface area contributed by atoms with Gasteiger partial charge in [0, 0.05) is 52.6 Å². The van der Waals surface area contributed by atoms with Crippen LogP contribution in [0.3, 0.4) is 0 Å². The van der Waals surface area contributed by atoms with Crippen LogP contribution in [0.25, 0.3) is 0 Å². The van der Waals surface area contributed by atoms with Gasteiger partial charge in [0.2, 0.25) is 11.8 Å². The number of benzene rings is 3. The van der Waals surface area contributed by atoms with Crippen LogP contribution in [0.5, 0.6) is 0 Å². The monoisotopic (exact) mass is 495 g/mol. The summed E-state index contributed by atoms with van der Waals surface area (Å²) in [6.07, 6.45) is 2.24. The molecule has 1 saturated carbocycles. The topological polar surface area (TPSA) is 95.6 Å². The molecule has 0 aromatic heterocycles. The van der Waals surface area contributed by atoms with Gasteiger partial charge in [-0.25, -0.2) is 0 Å². The van der Waals surface area contributed by atoms with Gasteiger partial charge in [0.05, 0.1) is 6.54 Å². The number of rotatable bonds is 8. The summed E-state index contributed by atoms with van der Waals surface area (Å²) in [6, 6.07) is 17.8. The van der Waals surface area contributed by atoms with Crippen molar-refractivity contribution >= 4 is 34.8 Å². The average Bonchev–Trinajstić information content (AvgIpc) is 3.73. The van der Waals surface area contributed by atoms with E-state index < -0.39 is 0 Å².